The number of nitrogens with zero attached hydrogens (tertiary/aromatic N) is 1. The summed E-state index contributed by atoms with van der Waals surface area (Å²) in [6.07, 6.45) is 6.79. The first-order valence-electron chi connectivity index (χ1n) is 6.49. The second-order valence-electron chi connectivity index (χ2n) is 4.68. The Bertz CT molecular complexity index is 186. The number of rotatable bonds is 3. The van der Waals surface area contributed by atoms with Crippen LogP contribution in [0.5, 0.6) is 0 Å². The van der Waals surface area contributed by atoms with Crippen LogP contribution in [0.4, 0.5) is 0 Å². The van der Waals surface area contributed by atoms with Crippen LogP contribution in [-0.2, 0) is 4.74 Å². The fourth-order valence-corrected chi connectivity index (χ4v) is 2.76. The third-order valence-corrected chi connectivity index (χ3v) is 3.65. The van der Waals surface area contributed by atoms with E-state index in [0.717, 1.165) is 19.2 Å². The third-order valence-electron chi connectivity index (χ3n) is 3.65. The van der Waals surface area contributed by atoms with E-state index in [4.69, 9.17) is 4.74 Å². The maximum atomic E-state index is 5.74. The van der Waals surface area contributed by atoms with Gasteiger partial charge in [-0.05, 0) is 38.9 Å². The molecular weight excluding hydrogens is 224 g/mol. The van der Waals surface area contributed by atoms with E-state index < -0.39 is 0 Å². The molecule has 0 aliphatic carbocycles. The van der Waals surface area contributed by atoms with E-state index in [9.17, 15) is 0 Å². The van der Waals surface area contributed by atoms with Crippen LogP contribution in [0.2, 0.25) is 0 Å². The standard InChI is InChI=1S/C12H24N2O.ClH/c1-2-14-8-4-3-6-11(14)10-12-13-7-5-9-15-12;/h11-13H,2-10H2,1H3;1H. The Morgan fingerprint density at radius 1 is 1.31 bits per heavy atom. The molecule has 0 saturated carbocycles. The molecule has 0 bridgehead atoms. The number of piperidine rings is 1. The van der Waals surface area contributed by atoms with Crippen molar-refractivity contribution in [3.05, 3.63) is 0 Å². The topological polar surface area (TPSA) is 24.5 Å². The Labute approximate surface area is 105 Å². The summed E-state index contributed by atoms with van der Waals surface area (Å²) in [5, 5.41) is 3.46. The molecule has 2 aliphatic heterocycles. The molecule has 2 rings (SSSR count). The molecule has 0 amide bonds. The molecule has 2 atom stereocenters. The summed E-state index contributed by atoms with van der Waals surface area (Å²) in [5.74, 6) is 0. The molecule has 2 saturated heterocycles. The van der Waals surface area contributed by atoms with E-state index in [1.807, 2.05) is 0 Å². The number of ether oxygens (including phenoxy) is 1. The number of nitrogens with one attached hydrogen (secondary N) is 1. The monoisotopic (exact) mass is 248 g/mol. The van der Waals surface area contributed by atoms with Gasteiger partial charge in [-0.1, -0.05) is 13.3 Å². The van der Waals surface area contributed by atoms with Crippen molar-refractivity contribution >= 4 is 12.4 Å². The molecule has 0 spiro atoms. The largest absolute Gasteiger partial charge is 0.363 e. The lowest BCUT2D eigenvalue weighted by Gasteiger charge is -2.37. The third kappa shape index (κ3) is 3.88. The van der Waals surface area contributed by atoms with Crippen LogP contribution in [0.3, 0.4) is 0 Å². The normalized spacial score (nSPS) is 32.1. The SMILES string of the molecule is CCN1CCCCC1CC1NCCCO1.Cl. The quantitative estimate of drug-likeness (QED) is 0.827. The smallest absolute Gasteiger partial charge is 0.109 e. The van der Waals surface area contributed by atoms with E-state index in [0.29, 0.717) is 6.23 Å². The van der Waals surface area contributed by atoms with Crippen LogP contribution < -0.4 is 5.32 Å². The summed E-state index contributed by atoms with van der Waals surface area (Å²) in [7, 11) is 0. The summed E-state index contributed by atoms with van der Waals surface area (Å²) in [5.41, 5.74) is 0. The molecule has 2 unspecified atom stereocenters. The summed E-state index contributed by atoms with van der Waals surface area (Å²) in [4.78, 5) is 2.61. The zero-order valence-electron chi connectivity index (χ0n) is 10.3. The van der Waals surface area contributed by atoms with Gasteiger partial charge in [-0.3, -0.25) is 5.32 Å². The van der Waals surface area contributed by atoms with Gasteiger partial charge in [-0.15, -0.1) is 12.4 Å². The molecule has 4 heteroatoms. The highest BCUT2D eigenvalue weighted by Crippen LogP contribution is 2.21. The molecule has 0 aromatic heterocycles. The lowest BCUT2D eigenvalue weighted by atomic mass is 9.98. The molecule has 2 aliphatic rings. The summed E-state index contributed by atoms with van der Waals surface area (Å²) in [6, 6.07) is 0.749. The van der Waals surface area contributed by atoms with Crippen LogP contribution in [-0.4, -0.2) is 43.4 Å². The van der Waals surface area contributed by atoms with Gasteiger partial charge < -0.3 is 9.64 Å². The molecule has 3 nitrogen and oxygen atoms in total. The van der Waals surface area contributed by atoms with Gasteiger partial charge in [0.05, 0.1) is 0 Å². The molecule has 2 heterocycles. The summed E-state index contributed by atoms with van der Waals surface area (Å²) in [6.45, 7) is 6.82. The van der Waals surface area contributed by atoms with Crippen molar-refractivity contribution in [3.63, 3.8) is 0 Å². The van der Waals surface area contributed by atoms with Gasteiger partial charge in [0.15, 0.2) is 0 Å². The minimum Gasteiger partial charge on any atom is -0.363 e. The molecule has 16 heavy (non-hydrogen) atoms. The Kier molecular flexibility index (Phi) is 6.66. The van der Waals surface area contributed by atoms with E-state index in [2.05, 4.69) is 17.1 Å². The van der Waals surface area contributed by atoms with Crippen LogP contribution in [0.15, 0.2) is 0 Å². The van der Waals surface area contributed by atoms with Crippen LogP contribution in [0.25, 0.3) is 0 Å². The lowest BCUT2D eigenvalue weighted by Crippen LogP contribution is -2.46. The van der Waals surface area contributed by atoms with Crippen LogP contribution in [0, 0.1) is 0 Å². The summed E-state index contributed by atoms with van der Waals surface area (Å²) >= 11 is 0. The van der Waals surface area contributed by atoms with Gasteiger partial charge in [0.1, 0.15) is 6.23 Å². The van der Waals surface area contributed by atoms with Crippen molar-refractivity contribution in [2.45, 2.75) is 51.3 Å². The predicted octanol–water partition coefficient (Wildman–Crippen LogP) is 2.01. The molecule has 0 radical (unpaired) electrons. The maximum absolute atomic E-state index is 5.74. The first-order chi connectivity index (χ1) is 7.40. The average molecular weight is 249 g/mol. The van der Waals surface area contributed by atoms with Crippen molar-refractivity contribution < 1.29 is 4.74 Å². The molecule has 0 aromatic rings. The molecule has 0 aromatic carbocycles. The Hall–Kier alpha value is 0.170. The van der Waals surface area contributed by atoms with Gasteiger partial charge in [0.25, 0.3) is 0 Å². The highest BCUT2D eigenvalue weighted by molar-refractivity contribution is 5.85. The van der Waals surface area contributed by atoms with Crippen LogP contribution >= 0.6 is 12.4 Å². The van der Waals surface area contributed by atoms with Crippen molar-refractivity contribution in [2.24, 2.45) is 0 Å². The molecule has 2 fully saturated rings. The van der Waals surface area contributed by atoms with Gasteiger partial charge in [0.2, 0.25) is 0 Å². The van der Waals surface area contributed by atoms with E-state index in [1.165, 1.54) is 45.2 Å². The first-order valence-corrected chi connectivity index (χ1v) is 6.49. The minimum atomic E-state index is 0. The van der Waals surface area contributed by atoms with Gasteiger partial charge in [-0.25, -0.2) is 0 Å². The Morgan fingerprint density at radius 3 is 2.88 bits per heavy atom. The number of hydrogen-bond acceptors (Lipinski definition) is 3. The maximum Gasteiger partial charge on any atom is 0.109 e. The van der Waals surface area contributed by atoms with Crippen molar-refractivity contribution in [1.82, 2.24) is 10.2 Å². The zero-order valence-corrected chi connectivity index (χ0v) is 11.1. The second-order valence-corrected chi connectivity index (χ2v) is 4.68. The van der Waals surface area contributed by atoms with Crippen molar-refractivity contribution in [3.8, 4) is 0 Å². The highest BCUT2D eigenvalue weighted by atomic mass is 35.5. The van der Waals surface area contributed by atoms with Gasteiger partial charge in [0, 0.05) is 19.1 Å². The lowest BCUT2D eigenvalue weighted by molar-refractivity contribution is -0.0246. The number of hydrogen-bond donors (Lipinski definition) is 1. The van der Waals surface area contributed by atoms with Gasteiger partial charge in [-0.2, -0.15) is 0 Å². The van der Waals surface area contributed by atoms with E-state index in [1.54, 1.807) is 0 Å². The first kappa shape index (κ1) is 14.2. The second kappa shape index (κ2) is 7.49. The molecular formula is C12H25ClN2O. The summed E-state index contributed by atoms with van der Waals surface area (Å²) < 4.78 is 5.74. The van der Waals surface area contributed by atoms with Gasteiger partial charge >= 0.3 is 0 Å². The molecule has 96 valence electrons. The van der Waals surface area contributed by atoms with Crippen molar-refractivity contribution in [1.29, 1.82) is 0 Å². The Morgan fingerprint density at radius 2 is 2.19 bits per heavy atom. The molecule has 1 N–H and O–H groups in total. The minimum absolute atomic E-state index is 0. The Balaban J connectivity index is 0.00000128. The fraction of sp³-hybridized carbons (Fsp3) is 1.00. The van der Waals surface area contributed by atoms with E-state index >= 15 is 0 Å². The fourth-order valence-electron chi connectivity index (χ4n) is 2.76. The average Bonchev–Trinajstić information content (AvgIpc) is 2.31. The van der Waals surface area contributed by atoms with Crippen LogP contribution in [0.1, 0.15) is 39.0 Å². The number of halogens is 1. The zero-order chi connectivity index (χ0) is 10.5. The van der Waals surface area contributed by atoms with E-state index in [-0.39, 0.29) is 12.4 Å². The highest BCUT2D eigenvalue weighted by Gasteiger charge is 2.25. The predicted molar refractivity (Wildman–Crippen MR) is 69.1 cm³/mol. The number of likely N-dealkylation sites (tertiary alicyclic amines) is 1. The van der Waals surface area contributed by atoms with Crippen molar-refractivity contribution in [2.75, 3.05) is 26.2 Å².